The third-order valence-corrected chi connectivity index (χ3v) is 4.66. The molecule has 25 heavy (non-hydrogen) atoms. The molecule has 0 spiro atoms. The van der Waals surface area contributed by atoms with E-state index in [0.29, 0.717) is 19.6 Å². The number of hydrogen-bond donors (Lipinski definition) is 1. The minimum absolute atomic E-state index is 0.0673. The Labute approximate surface area is 150 Å². The fourth-order valence-electron chi connectivity index (χ4n) is 3.11. The molecule has 0 aliphatic carbocycles. The van der Waals surface area contributed by atoms with Crippen LogP contribution in [0.3, 0.4) is 0 Å². The van der Waals surface area contributed by atoms with E-state index < -0.39 is 5.41 Å². The molecule has 5 nitrogen and oxygen atoms in total. The van der Waals surface area contributed by atoms with Gasteiger partial charge >= 0.3 is 0 Å². The fraction of sp³-hybridized carbons (Fsp3) is 0.500. The summed E-state index contributed by atoms with van der Waals surface area (Å²) in [6, 6.07) is 9.88. The van der Waals surface area contributed by atoms with E-state index in [0.717, 1.165) is 25.1 Å². The van der Waals surface area contributed by atoms with Crippen molar-refractivity contribution < 1.29 is 9.59 Å². The minimum atomic E-state index is -0.555. The Morgan fingerprint density at radius 2 is 1.88 bits per heavy atom. The molecule has 2 amide bonds. The Morgan fingerprint density at radius 3 is 2.56 bits per heavy atom. The van der Waals surface area contributed by atoms with Crippen LogP contribution in [-0.4, -0.2) is 60.9 Å². The van der Waals surface area contributed by atoms with Crippen molar-refractivity contribution in [2.75, 3.05) is 39.3 Å². The molecule has 1 aliphatic heterocycles. The summed E-state index contributed by atoms with van der Waals surface area (Å²) >= 11 is 0. The highest BCUT2D eigenvalue weighted by Crippen LogP contribution is 2.26. The number of carbonyl (C=O) groups excluding carboxylic acids is 2. The number of amides is 2. The van der Waals surface area contributed by atoms with E-state index >= 15 is 0 Å². The van der Waals surface area contributed by atoms with Crippen LogP contribution in [0.1, 0.15) is 25.8 Å². The number of hydrogen-bond acceptors (Lipinski definition) is 3. The van der Waals surface area contributed by atoms with Crippen LogP contribution in [0, 0.1) is 12.3 Å². The number of benzene rings is 1. The molecule has 0 atom stereocenters. The second kappa shape index (κ2) is 8.68. The summed E-state index contributed by atoms with van der Waals surface area (Å²) in [5, 5.41) is 2.68. The van der Waals surface area contributed by atoms with Gasteiger partial charge in [-0.25, -0.2) is 0 Å². The van der Waals surface area contributed by atoms with Crippen molar-refractivity contribution in [1.82, 2.24) is 15.1 Å². The van der Waals surface area contributed by atoms with Crippen molar-refractivity contribution in [3.63, 3.8) is 0 Å². The van der Waals surface area contributed by atoms with Crippen molar-refractivity contribution in [3.8, 4) is 12.3 Å². The molecule has 134 valence electrons. The Hall–Kier alpha value is -2.32. The van der Waals surface area contributed by atoms with Gasteiger partial charge in [0.1, 0.15) is 0 Å². The van der Waals surface area contributed by atoms with Gasteiger partial charge < -0.3 is 10.2 Å². The summed E-state index contributed by atoms with van der Waals surface area (Å²) in [5.41, 5.74) is 0.468. The lowest BCUT2D eigenvalue weighted by Crippen LogP contribution is -2.45. The van der Waals surface area contributed by atoms with E-state index in [1.165, 1.54) is 0 Å². The van der Waals surface area contributed by atoms with Gasteiger partial charge in [-0.15, -0.1) is 6.42 Å². The first-order valence-electron chi connectivity index (χ1n) is 8.72. The van der Waals surface area contributed by atoms with Gasteiger partial charge in [0.2, 0.25) is 11.8 Å². The topological polar surface area (TPSA) is 52.7 Å². The highest BCUT2D eigenvalue weighted by atomic mass is 16.2. The smallest absolute Gasteiger partial charge is 0.234 e. The molecule has 1 saturated heterocycles. The molecule has 0 radical (unpaired) electrons. The standard InChI is InChI=1S/C20H27N3O2/c1-4-11-21-18(24)16-22-12-8-13-23(15-14-22)19(25)20(2,3)17-9-6-5-7-10-17/h1,5-7,9-10H,8,11-16H2,2-3H3,(H,21,24). The van der Waals surface area contributed by atoms with Gasteiger partial charge in [-0.1, -0.05) is 36.3 Å². The van der Waals surface area contributed by atoms with E-state index in [1.807, 2.05) is 49.1 Å². The van der Waals surface area contributed by atoms with E-state index in [1.54, 1.807) is 0 Å². The molecule has 1 aromatic rings. The van der Waals surface area contributed by atoms with E-state index in [4.69, 9.17) is 6.42 Å². The zero-order valence-electron chi connectivity index (χ0n) is 15.1. The van der Waals surface area contributed by atoms with Gasteiger partial charge in [-0.05, 0) is 25.8 Å². The summed E-state index contributed by atoms with van der Waals surface area (Å²) < 4.78 is 0. The predicted octanol–water partition coefficient (Wildman–Crippen LogP) is 1.25. The lowest BCUT2D eigenvalue weighted by atomic mass is 9.83. The number of nitrogens with zero attached hydrogens (tertiary/aromatic N) is 2. The largest absolute Gasteiger partial charge is 0.344 e. The van der Waals surface area contributed by atoms with Crippen molar-refractivity contribution >= 4 is 11.8 Å². The summed E-state index contributed by atoms with van der Waals surface area (Å²) in [6.07, 6.45) is 6.01. The third kappa shape index (κ3) is 5.07. The average Bonchev–Trinajstić information content (AvgIpc) is 2.85. The molecule has 1 aromatic carbocycles. The maximum atomic E-state index is 13.0. The van der Waals surface area contributed by atoms with E-state index in [9.17, 15) is 9.59 Å². The third-order valence-electron chi connectivity index (χ3n) is 4.66. The van der Waals surface area contributed by atoms with Crippen molar-refractivity contribution in [3.05, 3.63) is 35.9 Å². The molecule has 1 heterocycles. The van der Waals surface area contributed by atoms with Gasteiger partial charge in [-0.2, -0.15) is 0 Å². The fourth-order valence-corrected chi connectivity index (χ4v) is 3.11. The Morgan fingerprint density at radius 1 is 1.16 bits per heavy atom. The first kappa shape index (κ1) is 19.0. The second-order valence-electron chi connectivity index (χ2n) is 6.89. The molecule has 1 fully saturated rings. The zero-order valence-corrected chi connectivity index (χ0v) is 15.1. The quantitative estimate of drug-likeness (QED) is 0.820. The van der Waals surface area contributed by atoms with E-state index in [-0.39, 0.29) is 18.4 Å². The molecule has 0 bridgehead atoms. The first-order chi connectivity index (χ1) is 11.9. The number of rotatable bonds is 5. The zero-order chi connectivity index (χ0) is 18.3. The number of carbonyl (C=O) groups is 2. The normalized spacial score (nSPS) is 16.0. The van der Waals surface area contributed by atoms with Gasteiger partial charge in [0.05, 0.1) is 18.5 Å². The van der Waals surface area contributed by atoms with Gasteiger partial charge in [0, 0.05) is 26.2 Å². The van der Waals surface area contributed by atoms with E-state index in [2.05, 4.69) is 16.1 Å². The molecule has 0 unspecified atom stereocenters. The Balaban J connectivity index is 1.95. The maximum Gasteiger partial charge on any atom is 0.234 e. The summed E-state index contributed by atoms with van der Waals surface area (Å²) in [5.74, 6) is 2.47. The van der Waals surface area contributed by atoms with Crippen LogP contribution in [0.25, 0.3) is 0 Å². The number of nitrogens with one attached hydrogen (secondary N) is 1. The summed E-state index contributed by atoms with van der Waals surface area (Å²) in [4.78, 5) is 28.9. The Bertz CT molecular complexity index is 634. The lowest BCUT2D eigenvalue weighted by Gasteiger charge is -2.31. The summed E-state index contributed by atoms with van der Waals surface area (Å²) in [7, 11) is 0. The predicted molar refractivity (Wildman–Crippen MR) is 98.9 cm³/mol. The number of terminal acetylenes is 1. The van der Waals surface area contributed by atoms with Crippen LogP contribution in [0.2, 0.25) is 0 Å². The van der Waals surface area contributed by atoms with Crippen LogP contribution in [0.4, 0.5) is 0 Å². The molecular weight excluding hydrogens is 314 g/mol. The molecule has 1 N–H and O–H groups in total. The van der Waals surface area contributed by atoms with Crippen molar-refractivity contribution in [2.24, 2.45) is 0 Å². The minimum Gasteiger partial charge on any atom is -0.344 e. The van der Waals surface area contributed by atoms with Gasteiger partial charge in [0.25, 0.3) is 0 Å². The van der Waals surface area contributed by atoms with Crippen molar-refractivity contribution in [1.29, 1.82) is 0 Å². The highest BCUT2D eigenvalue weighted by Gasteiger charge is 2.34. The maximum absolute atomic E-state index is 13.0. The van der Waals surface area contributed by atoms with Crippen LogP contribution in [0.15, 0.2) is 30.3 Å². The molecule has 5 heteroatoms. The van der Waals surface area contributed by atoms with Gasteiger partial charge in [0.15, 0.2) is 0 Å². The molecular formula is C20H27N3O2. The monoisotopic (exact) mass is 341 g/mol. The Kier molecular flexibility index (Phi) is 6.60. The lowest BCUT2D eigenvalue weighted by molar-refractivity contribution is -0.136. The summed E-state index contributed by atoms with van der Waals surface area (Å²) in [6.45, 7) is 7.38. The highest BCUT2D eigenvalue weighted by molar-refractivity contribution is 5.87. The SMILES string of the molecule is C#CCNC(=O)CN1CCCN(C(=O)C(C)(C)c2ccccc2)CC1. The molecule has 1 aliphatic rings. The molecule has 2 rings (SSSR count). The van der Waals surface area contributed by atoms with Gasteiger partial charge in [-0.3, -0.25) is 14.5 Å². The van der Waals surface area contributed by atoms with Crippen LogP contribution in [-0.2, 0) is 15.0 Å². The average molecular weight is 341 g/mol. The van der Waals surface area contributed by atoms with Crippen LogP contribution >= 0.6 is 0 Å². The molecule has 0 saturated carbocycles. The van der Waals surface area contributed by atoms with Crippen LogP contribution in [0.5, 0.6) is 0 Å². The second-order valence-corrected chi connectivity index (χ2v) is 6.89. The first-order valence-corrected chi connectivity index (χ1v) is 8.72. The molecule has 0 aromatic heterocycles. The van der Waals surface area contributed by atoms with Crippen LogP contribution < -0.4 is 5.32 Å². The van der Waals surface area contributed by atoms with Crippen molar-refractivity contribution in [2.45, 2.75) is 25.7 Å².